The van der Waals surface area contributed by atoms with Crippen molar-refractivity contribution in [3.8, 4) is 23.0 Å². The molecule has 1 atom stereocenters. The second kappa shape index (κ2) is 12.5. The number of benzene rings is 2. The predicted molar refractivity (Wildman–Crippen MR) is 157 cm³/mol. The lowest BCUT2D eigenvalue weighted by Crippen LogP contribution is -2.43. The van der Waals surface area contributed by atoms with Gasteiger partial charge in [0, 0.05) is 30.3 Å². The van der Waals surface area contributed by atoms with E-state index in [9.17, 15) is 19.7 Å². The highest BCUT2D eigenvalue weighted by Gasteiger charge is 2.36. The molecule has 0 spiro atoms. The number of nitro groups is 1. The van der Waals surface area contributed by atoms with Crippen molar-refractivity contribution in [3.05, 3.63) is 82.5 Å². The maximum absolute atomic E-state index is 14.2. The van der Waals surface area contributed by atoms with Crippen molar-refractivity contribution >= 4 is 29.0 Å². The number of hydrogen-bond donors (Lipinski definition) is 0. The molecule has 13 heteroatoms. The van der Waals surface area contributed by atoms with Gasteiger partial charge in [0.1, 0.15) is 17.5 Å². The maximum Gasteiger partial charge on any atom is 0.274 e. The van der Waals surface area contributed by atoms with Gasteiger partial charge in [0.25, 0.3) is 17.2 Å². The van der Waals surface area contributed by atoms with Gasteiger partial charge in [-0.05, 0) is 45.0 Å². The molecule has 0 saturated heterocycles. The van der Waals surface area contributed by atoms with Gasteiger partial charge in [0.2, 0.25) is 0 Å². The first-order valence-corrected chi connectivity index (χ1v) is 13.9. The number of thiazole rings is 1. The number of non-ortho nitro benzene ring substituents is 1. The fraction of sp³-hybridized carbons (Fsp3) is 0.345. The molecule has 3 aromatic rings. The van der Waals surface area contributed by atoms with Crippen LogP contribution in [0.3, 0.4) is 0 Å². The van der Waals surface area contributed by atoms with Crippen LogP contribution >= 0.6 is 11.3 Å². The molecule has 1 aliphatic heterocycles. The van der Waals surface area contributed by atoms with Crippen LogP contribution in [0.25, 0.3) is 6.08 Å². The summed E-state index contributed by atoms with van der Waals surface area (Å²) in [4.78, 5) is 45.8. The van der Waals surface area contributed by atoms with Crippen LogP contribution in [0.15, 0.2) is 51.4 Å². The van der Waals surface area contributed by atoms with E-state index < -0.39 is 16.5 Å². The third-order valence-corrected chi connectivity index (χ3v) is 8.01. The summed E-state index contributed by atoms with van der Waals surface area (Å²) in [6.45, 7) is 6.43. The maximum atomic E-state index is 14.2. The average Bonchev–Trinajstić information content (AvgIpc) is 3.29. The van der Waals surface area contributed by atoms with Crippen LogP contribution in [0.4, 0.5) is 5.69 Å². The number of carbonyl (C=O) groups is 1. The summed E-state index contributed by atoms with van der Waals surface area (Å²) in [7, 11) is 5.82. The minimum absolute atomic E-state index is 0.146. The number of methoxy groups -OCH3 is 4. The molecule has 0 unspecified atom stereocenters. The van der Waals surface area contributed by atoms with E-state index >= 15 is 0 Å². The summed E-state index contributed by atoms with van der Waals surface area (Å²) in [5.41, 5.74) is 0.943. The third-order valence-electron chi connectivity index (χ3n) is 7.02. The second-order valence-electron chi connectivity index (χ2n) is 9.19. The number of nitro benzene ring substituents is 1. The first-order valence-electron chi connectivity index (χ1n) is 13.1. The highest BCUT2D eigenvalue weighted by Crippen LogP contribution is 2.39. The number of nitrogens with zero attached hydrogens (tertiary/aromatic N) is 4. The molecule has 42 heavy (non-hydrogen) atoms. The van der Waals surface area contributed by atoms with Gasteiger partial charge >= 0.3 is 0 Å². The molecule has 1 aromatic heterocycles. The second-order valence-corrected chi connectivity index (χ2v) is 10.2. The van der Waals surface area contributed by atoms with Crippen LogP contribution in [0.2, 0.25) is 0 Å². The summed E-state index contributed by atoms with van der Waals surface area (Å²) in [5.74, 6) is 1.10. The number of ether oxygens (including phenoxy) is 4. The van der Waals surface area contributed by atoms with Gasteiger partial charge in [-0.15, -0.1) is 0 Å². The van der Waals surface area contributed by atoms with E-state index in [0.29, 0.717) is 46.2 Å². The molecule has 0 fully saturated rings. The Bertz CT molecular complexity index is 1750. The van der Waals surface area contributed by atoms with E-state index in [1.54, 1.807) is 30.0 Å². The van der Waals surface area contributed by atoms with Crippen LogP contribution in [0.1, 0.15) is 37.9 Å². The van der Waals surface area contributed by atoms with Crippen LogP contribution in [-0.4, -0.2) is 61.8 Å². The third kappa shape index (κ3) is 5.34. The SMILES string of the molecule is CCN(CC)C(=O)C1=C(C)N=c2s/c(=C\c3cc([N+](=O)[O-])cc(OC)c3OC)c(=O)n2[C@@H]1c1cc(OC)ccc1OC. The molecule has 0 saturated carbocycles. The van der Waals surface area contributed by atoms with Crippen molar-refractivity contribution < 1.29 is 28.7 Å². The number of amides is 1. The Morgan fingerprint density at radius 3 is 2.33 bits per heavy atom. The number of aromatic nitrogens is 1. The molecular formula is C29H32N4O8S. The highest BCUT2D eigenvalue weighted by atomic mass is 32.1. The number of carbonyl (C=O) groups excluding carboxylic acids is 1. The van der Waals surface area contributed by atoms with Crippen molar-refractivity contribution in [2.45, 2.75) is 26.8 Å². The van der Waals surface area contributed by atoms with Gasteiger partial charge in [0.15, 0.2) is 16.3 Å². The van der Waals surface area contributed by atoms with E-state index in [2.05, 4.69) is 4.99 Å². The fourth-order valence-electron chi connectivity index (χ4n) is 4.96. The normalized spacial score (nSPS) is 14.6. The zero-order valence-electron chi connectivity index (χ0n) is 24.4. The first-order chi connectivity index (χ1) is 20.1. The largest absolute Gasteiger partial charge is 0.497 e. The predicted octanol–water partition coefficient (Wildman–Crippen LogP) is 3.05. The van der Waals surface area contributed by atoms with E-state index in [1.807, 2.05) is 13.8 Å². The Morgan fingerprint density at radius 1 is 1.07 bits per heavy atom. The first kappa shape index (κ1) is 30.3. The summed E-state index contributed by atoms with van der Waals surface area (Å²) < 4.78 is 23.6. The zero-order valence-corrected chi connectivity index (χ0v) is 25.2. The van der Waals surface area contributed by atoms with Crippen molar-refractivity contribution in [2.24, 2.45) is 4.99 Å². The van der Waals surface area contributed by atoms with Crippen LogP contribution in [0.5, 0.6) is 23.0 Å². The minimum atomic E-state index is -0.886. The summed E-state index contributed by atoms with van der Waals surface area (Å²) in [5, 5.41) is 11.6. The van der Waals surface area contributed by atoms with Gasteiger partial charge in [-0.2, -0.15) is 0 Å². The lowest BCUT2D eigenvalue weighted by atomic mass is 9.93. The molecule has 2 heterocycles. The lowest BCUT2D eigenvalue weighted by Gasteiger charge is -2.30. The Morgan fingerprint density at radius 2 is 1.76 bits per heavy atom. The molecule has 4 rings (SSSR count). The molecule has 1 aliphatic rings. The molecule has 0 bridgehead atoms. The molecule has 0 N–H and O–H groups in total. The molecule has 1 amide bonds. The van der Waals surface area contributed by atoms with Crippen LogP contribution in [-0.2, 0) is 4.79 Å². The van der Waals surface area contributed by atoms with E-state index in [0.717, 1.165) is 11.3 Å². The Balaban J connectivity index is 2.07. The lowest BCUT2D eigenvalue weighted by molar-refractivity contribution is -0.385. The molecule has 0 aliphatic carbocycles. The molecular weight excluding hydrogens is 564 g/mol. The standard InChI is InChI=1S/C29H32N4O8S/c1-8-31(9-2)28(35)24-16(3)30-29-32(25(24)20-15-19(38-4)10-11-21(20)39-5)27(34)23(42-29)13-17-12-18(33(36)37)14-22(40-6)26(17)41-7/h10-15,25H,8-9H2,1-7H3/b23-13-/t25-/m1/s1. The Labute approximate surface area is 245 Å². The summed E-state index contributed by atoms with van der Waals surface area (Å²) >= 11 is 1.09. The number of rotatable bonds is 10. The summed E-state index contributed by atoms with van der Waals surface area (Å²) in [6, 6.07) is 6.87. The number of hydrogen-bond acceptors (Lipinski definition) is 10. The van der Waals surface area contributed by atoms with Gasteiger partial charge in [-0.3, -0.25) is 24.3 Å². The van der Waals surface area contributed by atoms with Gasteiger partial charge in [-0.25, -0.2) is 4.99 Å². The van der Waals surface area contributed by atoms with E-state index in [-0.39, 0.29) is 33.2 Å². The quantitative estimate of drug-likeness (QED) is 0.258. The van der Waals surface area contributed by atoms with Crippen LogP contribution in [0, 0.1) is 10.1 Å². The van der Waals surface area contributed by atoms with E-state index in [4.69, 9.17) is 18.9 Å². The molecule has 2 aromatic carbocycles. The minimum Gasteiger partial charge on any atom is -0.497 e. The number of likely N-dealkylation sites (N-methyl/N-ethyl adjacent to an activating group) is 1. The Kier molecular flexibility index (Phi) is 9.00. The fourth-order valence-corrected chi connectivity index (χ4v) is 5.99. The van der Waals surface area contributed by atoms with E-state index in [1.165, 1.54) is 51.2 Å². The molecule has 222 valence electrons. The average molecular weight is 597 g/mol. The van der Waals surface area contributed by atoms with Gasteiger partial charge < -0.3 is 23.8 Å². The summed E-state index contributed by atoms with van der Waals surface area (Å²) in [6.07, 6.45) is 1.50. The smallest absolute Gasteiger partial charge is 0.274 e. The highest BCUT2D eigenvalue weighted by molar-refractivity contribution is 7.07. The van der Waals surface area contributed by atoms with Crippen molar-refractivity contribution in [2.75, 3.05) is 41.5 Å². The molecule has 12 nitrogen and oxygen atoms in total. The molecule has 0 radical (unpaired) electrons. The van der Waals surface area contributed by atoms with Gasteiger partial charge in [0.05, 0.1) is 55.2 Å². The topological polar surface area (TPSA) is 135 Å². The van der Waals surface area contributed by atoms with Gasteiger partial charge in [-0.1, -0.05) is 11.3 Å². The monoisotopic (exact) mass is 596 g/mol. The van der Waals surface area contributed by atoms with Crippen LogP contribution < -0.4 is 33.8 Å². The number of fused-ring (bicyclic) bond motifs is 1. The zero-order chi connectivity index (χ0) is 30.7. The number of allylic oxidation sites excluding steroid dienone is 1. The van der Waals surface area contributed by atoms with Crippen molar-refractivity contribution in [3.63, 3.8) is 0 Å². The Hall–Kier alpha value is -4.65. The van der Waals surface area contributed by atoms with Crippen molar-refractivity contribution in [1.29, 1.82) is 0 Å². The van der Waals surface area contributed by atoms with Crippen molar-refractivity contribution in [1.82, 2.24) is 9.47 Å².